The van der Waals surface area contributed by atoms with Crippen LogP contribution in [0, 0.1) is 12.8 Å². The Kier molecular flexibility index (Phi) is 24.5. The maximum atomic E-state index is 14.1. The van der Waals surface area contributed by atoms with Gasteiger partial charge in [0.15, 0.2) is 11.5 Å². The van der Waals surface area contributed by atoms with Gasteiger partial charge in [0.25, 0.3) is 0 Å². The normalized spacial score (nSPS) is 20.2. The van der Waals surface area contributed by atoms with Gasteiger partial charge in [0.1, 0.15) is 11.0 Å². The van der Waals surface area contributed by atoms with Gasteiger partial charge in [-0.1, -0.05) is 48.0 Å². The molecule has 4 aromatic carbocycles. The van der Waals surface area contributed by atoms with Crippen LogP contribution >= 0.6 is 22.9 Å². The number of anilines is 2. The van der Waals surface area contributed by atoms with Crippen molar-refractivity contribution < 1.29 is 52.7 Å². The van der Waals surface area contributed by atoms with Crippen LogP contribution < -0.4 is 29.9 Å². The van der Waals surface area contributed by atoms with Crippen molar-refractivity contribution in [3.63, 3.8) is 0 Å². The number of likely N-dealkylation sites (tertiary alicyclic amines) is 1. The van der Waals surface area contributed by atoms with E-state index in [0.29, 0.717) is 74.7 Å². The molecular weight excluding hydrogens is 1160 g/mol. The molecule has 476 valence electrons. The molecule has 3 N–H and O–H groups in total. The number of methoxy groups -OCH3 is 1. The third-order valence-corrected chi connectivity index (χ3v) is 18.4. The number of aliphatic hydroxyl groups excluding tert-OH is 1. The standard InChI is InChI=1S/C67H89ClN8O11S/c1-45(2)87-61-40-58-52(37-60(61)82-6)38-63(79)76(65(58)50-13-15-53(68)16-14-50)56-21-19-54(20-22-56)72(5)42-48-7-17-55(18-8-48)74-26-24-73(25-27-74)28-30-84-32-34-86-36-35-85-33-31-83-29-23-62(78)69-41-64(80)75-43-57(77)39-59(75)66(81)71-47(4)49-9-11-51(12-10-49)67-70-46(3)44-88-67/h9-16,19-22,37,40,44-45,47-48,55,57,59,65,77H,7-8,17-18,23-36,38-39,41-43H2,1-6H3,(H,69,78)(H,71,81)/t47-,48-,55-,57+,59-,65-/m0/s1. The second-order valence-electron chi connectivity index (χ2n) is 23.8. The van der Waals surface area contributed by atoms with Crippen LogP contribution in [-0.4, -0.2) is 192 Å². The number of nitrogens with zero attached hydrogens (tertiary/aromatic N) is 6. The van der Waals surface area contributed by atoms with E-state index >= 15 is 0 Å². The van der Waals surface area contributed by atoms with Gasteiger partial charge >= 0.3 is 0 Å². The first-order valence-corrected chi connectivity index (χ1v) is 32.5. The predicted octanol–water partition coefficient (Wildman–Crippen LogP) is 8.27. The fraction of sp³-hybridized carbons (Fsp3) is 0.537. The predicted molar refractivity (Wildman–Crippen MR) is 343 cm³/mol. The highest BCUT2D eigenvalue weighted by atomic mass is 35.5. The van der Waals surface area contributed by atoms with Crippen LogP contribution in [0.5, 0.6) is 11.5 Å². The molecule has 4 aliphatic rings. The number of β-amino-alcohol motifs (C(OH)–C–C–N with tert-alkyl or cyclic N) is 1. The number of aryl methyl sites for hydroxylation is 1. The number of rotatable bonds is 30. The van der Waals surface area contributed by atoms with Gasteiger partial charge in [-0.15, -0.1) is 11.3 Å². The molecule has 4 amide bonds. The number of thiazole rings is 1. The highest BCUT2D eigenvalue weighted by Crippen LogP contribution is 2.44. The molecule has 0 bridgehead atoms. The Labute approximate surface area is 527 Å². The monoisotopic (exact) mass is 1250 g/mol. The smallest absolute Gasteiger partial charge is 0.243 e. The molecule has 88 heavy (non-hydrogen) atoms. The minimum atomic E-state index is -0.844. The molecule has 0 spiro atoms. The van der Waals surface area contributed by atoms with Crippen molar-refractivity contribution in [2.75, 3.05) is 129 Å². The summed E-state index contributed by atoms with van der Waals surface area (Å²) in [6, 6.07) is 27.1. The molecule has 0 radical (unpaired) electrons. The van der Waals surface area contributed by atoms with Gasteiger partial charge in [-0.3, -0.25) is 29.0 Å². The third kappa shape index (κ3) is 18.2. The quantitative estimate of drug-likeness (QED) is 0.0371. The molecule has 4 atom stereocenters. The molecule has 1 aromatic heterocycles. The minimum absolute atomic E-state index is 0.0161. The van der Waals surface area contributed by atoms with E-state index in [4.69, 9.17) is 40.0 Å². The second-order valence-corrected chi connectivity index (χ2v) is 25.1. The van der Waals surface area contributed by atoms with Crippen molar-refractivity contribution in [2.45, 2.75) is 109 Å². The average molecular weight is 1250 g/mol. The number of nitrogens with one attached hydrogen (secondary N) is 2. The average Bonchev–Trinajstić information content (AvgIpc) is 1.17. The van der Waals surface area contributed by atoms with E-state index in [1.165, 1.54) is 30.6 Å². The zero-order chi connectivity index (χ0) is 62.1. The maximum absolute atomic E-state index is 14.1. The summed E-state index contributed by atoms with van der Waals surface area (Å²) in [4.78, 5) is 68.4. The lowest BCUT2D eigenvalue weighted by atomic mass is 9.84. The van der Waals surface area contributed by atoms with Crippen molar-refractivity contribution in [1.82, 2.24) is 30.3 Å². The molecule has 2 saturated heterocycles. The lowest BCUT2D eigenvalue weighted by Crippen LogP contribution is -2.51. The summed E-state index contributed by atoms with van der Waals surface area (Å²) in [6.45, 7) is 17.1. The summed E-state index contributed by atoms with van der Waals surface area (Å²) >= 11 is 7.93. The molecular formula is C67H89ClN8O11S. The van der Waals surface area contributed by atoms with Crippen LogP contribution in [-0.2, 0) is 44.5 Å². The van der Waals surface area contributed by atoms with E-state index in [1.807, 2.05) is 98.6 Å². The third-order valence-electron chi connectivity index (χ3n) is 17.1. The van der Waals surface area contributed by atoms with Gasteiger partial charge in [-0.2, -0.15) is 0 Å². The van der Waals surface area contributed by atoms with Crippen molar-refractivity contribution >= 4 is 57.9 Å². The van der Waals surface area contributed by atoms with Crippen LogP contribution in [0.15, 0.2) is 90.3 Å². The summed E-state index contributed by atoms with van der Waals surface area (Å²) in [5.74, 6) is 0.767. The molecule has 3 fully saturated rings. The highest BCUT2D eigenvalue weighted by Gasteiger charge is 2.40. The number of carbonyl (C=O) groups is 4. The molecule has 4 heterocycles. The Bertz CT molecular complexity index is 3050. The van der Waals surface area contributed by atoms with Gasteiger partial charge < -0.3 is 58.9 Å². The van der Waals surface area contributed by atoms with Crippen LogP contribution in [0.2, 0.25) is 5.02 Å². The molecule has 3 aliphatic heterocycles. The summed E-state index contributed by atoms with van der Waals surface area (Å²) in [5, 5.41) is 19.5. The van der Waals surface area contributed by atoms with E-state index < -0.39 is 18.1 Å². The number of ether oxygens (including phenoxy) is 6. The van der Waals surface area contributed by atoms with Gasteiger partial charge in [0.2, 0.25) is 23.6 Å². The number of piperazine rings is 1. The summed E-state index contributed by atoms with van der Waals surface area (Å²) in [6.07, 6.45) is 4.42. The molecule has 0 unspecified atom stereocenters. The number of aromatic nitrogens is 1. The molecule has 9 rings (SSSR count). The van der Waals surface area contributed by atoms with Crippen LogP contribution in [0.3, 0.4) is 0 Å². The molecule has 1 saturated carbocycles. The summed E-state index contributed by atoms with van der Waals surface area (Å²) in [5.41, 5.74) is 7.75. The van der Waals surface area contributed by atoms with E-state index in [-0.39, 0.29) is 74.9 Å². The number of halogens is 1. The first-order chi connectivity index (χ1) is 42.6. The first-order valence-electron chi connectivity index (χ1n) is 31.2. The summed E-state index contributed by atoms with van der Waals surface area (Å²) in [7, 11) is 3.81. The number of aliphatic hydroxyl groups is 1. The zero-order valence-electron chi connectivity index (χ0n) is 52.0. The second kappa shape index (κ2) is 32.5. The van der Waals surface area contributed by atoms with Crippen LogP contribution in [0.4, 0.5) is 11.4 Å². The van der Waals surface area contributed by atoms with Crippen LogP contribution in [0.25, 0.3) is 10.6 Å². The zero-order valence-corrected chi connectivity index (χ0v) is 53.5. The van der Waals surface area contributed by atoms with E-state index in [0.717, 1.165) is 89.2 Å². The minimum Gasteiger partial charge on any atom is -0.493 e. The van der Waals surface area contributed by atoms with E-state index in [9.17, 15) is 24.3 Å². The first kappa shape index (κ1) is 66.2. The Morgan fingerprint density at radius 1 is 0.818 bits per heavy atom. The fourth-order valence-electron chi connectivity index (χ4n) is 12.4. The van der Waals surface area contributed by atoms with Crippen molar-refractivity contribution in [1.29, 1.82) is 0 Å². The van der Waals surface area contributed by atoms with Gasteiger partial charge in [-0.05, 0) is 130 Å². The molecule has 19 nitrogen and oxygen atoms in total. The lowest BCUT2D eigenvalue weighted by Gasteiger charge is -2.42. The molecule has 21 heteroatoms. The Hall–Kier alpha value is -6.20. The van der Waals surface area contributed by atoms with Gasteiger partial charge in [-0.25, -0.2) is 4.98 Å². The number of benzene rings is 4. The van der Waals surface area contributed by atoms with Gasteiger partial charge in [0, 0.05) is 105 Å². The SMILES string of the molecule is COc1cc2c(cc1OC(C)C)[C@H](c1ccc(Cl)cc1)N(c1ccc(N(C)C[C@H]3CC[C@H](N4CCN(CCOCCOCCOCCOCCC(=O)NCC(=O)N5C[C@H](O)C[C@H]5C(=O)N[C@@H](C)c5ccc(-c6nc(C)cs6)cc5)CC4)CC3)cc1)C(=O)C2. The van der Waals surface area contributed by atoms with Crippen molar-refractivity contribution in [3.8, 4) is 22.1 Å². The number of fused-ring (bicyclic) bond motifs is 1. The van der Waals surface area contributed by atoms with Crippen molar-refractivity contribution in [2.24, 2.45) is 5.92 Å². The Morgan fingerprint density at radius 2 is 1.48 bits per heavy atom. The number of hydrogen-bond donors (Lipinski definition) is 3. The largest absolute Gasteiger partial charge is 0.493 e. The van der Waals surface area contributed by atoms with E-state index in [1.54, 1.807) is 18.4 Å². The molecule has 5 aromatic rings. The Morgan fingerprint density at radius 3 is 2.11 bits per heavy atom. The van der Waals surface area contributed by atoms with Gasteiger partial charge in [0.05, 0.1) is 97.2 Å². The maximum Gasteiger partial charge on any atom is 0.243 e. The number of carbonyl (C=O) groups excluding carboxylic acids is 4. The summed E-state index contributed by atoms with van der Waals surface area (Å²) < 4.78 is 34.7. The van der Waals surface area contributed by atoms with Crippen LogP contribution in [0.1, 0.15) is 99.3 Å². The Balaban J connectivity index is 0.576. The fourth-order valence-corrected chi connectivity index (χ4v) is 13.3. The molecule has 1 aliphatic carbocycles. The van der Waals surface area contributed by atoms with E-state index in [2.05, 4.69) is 61.6 Å². The highest BCUT2D eigenvalue weighted by molar-refractivity contribution is 7.13. The number of hydrogen-bond acceptors (Lipinski definition) is 16. The number of amides is 4. The van der Waals surface area contributed by atoms with Crippen molar-refractivity contribution in [3.05, 3.63) is 123 Å². The topological polar surface area (TPSA) is 197 Å². The lowest BCUT2D eigenvalue weighted by molar-refractivity contribution is -0.139.